The highest BCUT2D eigenvalue weighted by Gasteiger charge is 2.26. The van der Waals surface area contributed by atoms with Crippen LogP contribution in [-0.2, 0) is 0 Å². The Balaban J connectivity index is 2.00. The number of urea groups is 1. The quantitative estimate of drug-likeness (QED) is 0.389. The molecule has 1 saturated heterocycles. The fraction of sp³-hybridized carbons (Fsp3) is 0.900. The molecule has 2 amide bonds. The zero-order valence-corrected chi connectivity index (χ0v) is 10.6. The van der Waals surface area contributed by atoms with Crippen molar-refractivity contribution >= 4 is 17.8 Å². The van der Waals surface area contributed by atoms with Gasteiger partial charge < -0.3 is 26.6 Å². The monoisotopic (exact) mass is 263 g/mol. The second-order valence-corrected chi connectivity index (χ2v) is 5.39. The zero-order valence-electron chi connectivity index (χ0n) is 9.76. The standard InChI is InChI=1S/C10H21N3O3S/c11-10(16)12-2-4-17-3-1-8-9(15)5-7(14)6-13-8/h7-9,13-15H,1-6H2,(H3,11,12,16). The Morgan fingerprint density at radius 2 is 2.24 bits per heavy atom. The van der Waals surface area contributed by atoms with Gasteiger partial charge in [-0.15, -0.1) is 0 Å². The largest absolute Gasteiger partial charge is 0.392 e. The van der Waals surface area contributed by atoms with Gasteiger partial charge in [-0.1, -0.05) is 0 Å². The Hall–Kier alpha value is -0.500. The molecule has 1 fully saturated rings. The van der Waals surface area contributed by atoms with E-state index in [2.05, 4.69) is 10.6 Å². The second kappa shape index (κ2) is 7.75. The number of hydrogen-bond donors (Lipinski definition) is 5. The molecule has 0 radical (unpaired) electrons. The number of aliphatic hydroxyl groups is 2. The van der Waals surface area contributed by atoms with Crippen molar-refractivity contribution in [2.24, 2.45) is 5.73 Å². The molecule has 1 aliphatic rings. The van der Waals surface area contributed by atoms with Gasteiger partial charge in [0.15, 0.2) is 0 Å². The molecule has 6 N–H and O–H groups in total. The molecule has 3 atom stereocenters. The first-order valence-electron chi connectivity index (χ1n) is 5.80. The average Bonchev–Trinajstić information content (AvgIpc) is 2.25. The first-order valence-corrected chi connectivity index (χ1v) is 6.95. The summed E-state index contributed by atoms with van der Waals surface area (Å²) < 4.78 is 0. The molecule has 17 heavy (non-hydrogen) atoms. The lowest BCUT2D eigenvalue weighted by Gasteiger charge is -2.31. The van der Waals surface area contributed by atoms with Crippen LogP contribution >= 0.6 is 11.8 Å². The molecule has 3 unspecified atom stereocenters. The van der Waals surface area contributed by atoms with Gasteiger partial charge in [0.1, 0.15) is 0 Å². The number of nitrogens with two attached hydrogens (primary N) is 1. The molecule has 0 aromatic carbocycles. The third-order valence-corrected chi connectivity index (χ3v) is 3.73. The Kier molecular flexibility index (Phi) is 6.64. The van der Waals surface area contributed by atoms with Crippen LogP contribution in [-0.4, -0.2) is 59.1 Å². The molecule has 0 aromatic heterocycles. The van der Waals surface area contributed by atoms with Crippen LogP contribution in [0.4, 0.5) is 4.79 Å². The Morgan fingerprint density at radius 1 is 1.47 bits per heavy atom. The predicted octanol–water partition coefficient (Wildman–Crippen LogP) is -1.14. The van der Waals surface area contributed by atoms with Gasteiger partial charge in [-0.05, 0) is 12.2 Å². The molecule has 6 nitrogen and oxygen atoms in total. The van der Waals surface area contributed by atoms with E-state index in [0.29, 0.717) is 19.5 Å². The number of hydrogen-bond acceptors (Lipinski definition) is 5. The minimum absolute atomic E-state index is 0.0648. The van der Waals surface area contributed by atoms with Crippen LogP contribution in [0.25, 0.3) is 0 Å². The number of β-amino-alcohol motifs (C(OH)–C–C–N with tert-alkyl or cyclic N) is 1. The Morgan fingerprint density at radius 3 is 2.88 bits per heavy atom. The van der Waals surface area contributed by atoms with Crippen LogP contribution < -0.4 is 16.4 Å². The van der Waals surface area contributed by atoms with Crippen molar-refractivity contribution in [3.63, 3.8) is 0 Å². The highest BCUT2D eigenvalue weighted by atomic mass is 32.2. The van der Waals surface area contributed by atoms with Crippen LogP contribution in [0.5, 0.6) is 0 Å². The average molecular weight is 263 g/mol. The number of amides is 2. The highest BCUT2D eigenvalue weighted by Crippen LogP contribution is 2.14. The van der Waals surface area contributed by atoms with Crippen LogP contribution in [0.2, 0.25) is 0 Å². The molecule has 1 aliphatic heterocycles. The summed E-state index contributed by atoms with van der Waals surface area (Å²) >= 11 is 1.71. The van der Waals surface area contributed by atoms with Gasteiger partial charge in [0.25, 0.3) is 0 Å². The lowest BCUT2D eigenvalue weighted by molar-refractivity contribution is 0.0223. The highest BCUT2D eigenvalue weighted by molar-refractivity contribution is 7.99. The Labute approximate surface area is 105 Å². The molecule has 0 bridgehead atoms. The molecule has 7 heteroatoms. The van der Waals surface area contributed by atoms with Crippen molar-refractivity contribution in [3.8, 4) is 0 Å². The number of aliphatic hydroxyl groups excluding tert-OH is 2. The molecule has 0 aromatic rings. The maximum absolute atomic E-state index is 10.4. The fourth-order valence-electron chi connectivity index (χ4n) is 1.80. The number of piperidine rings is 1. The summed E-state index contributed by atoms with van der Waals surface area (Å²) in [5.41, 5.74) is 4.93. The van der Waals surface area contributed by atoms with Gasteiger partial charge in [0, 0.05) is 31.3 Å². The van der Waals surface area contributed by atoms with E-state index in [4.69, 9.17) is 5.73 Å². The minimum atomic E-state index is -0.496. The smallest absolute Gasteiger partial charge is 0.312 e. The van der Waals surface area contributed by atoms with Crippen molar-refractivity contribution in [2.75, 3.05) is 24.6 Å². The van der Waals surface area contributed by atoms with E-state index in [0.717, 1.165) is 17.9 Å². The van der Waals surface area contributed by atoms with Crippen LogP contribution in [0, 0.1) is 0 Å². The van der Waals surface area contributed by atoms with Crippen molar-refractivity contribution in [1.29, 1.82) is 0 Å². The number of carbonyl (C=O) groups excluding carboxylic acids is 1. The number of carbonyl (C=O) groups is 1. The second-order valence-electron chi connectivity index (χ2n) is 4.16. The molecular formula is C10H21N3O3S. The molecule has 1 rings (SSSR count). The lowest BCUT2D eigenvalue weighted by atomic mass is 9.98. The van der Waals surface area contributed by atoms with Gasteiger partial charge >= 0.3 is 6.03 Å². The fourth-order valence-corrected chi connectivity index (χ4v) is 2.67. The van der Waals surface area contributed by atoms with Crippen LogP contribution in [0.3, 0.4) is 0 Å². The maximum atomic E-state index is 10.4. The van der Waals surface area contributed by atoms with E-state index in [1.54, 1.807) is 11.8 Å². The molecule has 100 valence electrons. The van der Waals surface area contributed by atoms with E-state index in [1.807, 2.05) is 0 Å². The molecule has 0 spiro atoms. The number of thioether (sulfide) groups is 1. The summed E-state index contributed by atoms with van der Waals surface area (Å²) in [4.78, 5) is 10.4. The topological polar surface area (TPSA) is 108 Å². The van der Waals surface area contributed by atoms with Gasteiger partial charge in [0.2, 0.25) is 0 Å². The number of rotatable bonds is 6. The summed E-state index contributed by atoms with van der Waals surface area (Å²) in [5.74, 6) is 1.72. The van der Waals surface area contributed by atoms with E-state index < -0.39 is 18.2 Å². The summed E-state index contributed by atoms with van der Waals surface area (Å²) in [5, 5.41) is 24.7. The third-order valence-electron chi connectivity index (χ3n) is 2.71. The normalized spacial score (nSPS) is 28.9. The van der Waals surface area contributed by atoms with Crippen molar-refractivity contribution < 1.29 is 15.0 Å². The third kappa shape index (κ3) is 6.11. The lowest BCUT2D eigenvalue weighted by Crippen LogP contribution is -2.50. The van der Waals surface area contributed by atoms with E-state index in [1.165, 1.54) is 0 Å². The summed E-state index contributed by atoms with van der Waals surface area (Å²) in [6.07, 6.45) is 0.400. The van der Waals surface area contributed by atoms with Crippen LogP contribution in [0.15, 0.2) is 0 Å². The Bertz CT molecular complexity index is 243. The van der Waals surface area contributed by atoms with Gasteiger partial charge in [0.05, 0.1) is 12.2 Å². The summed E-state index contributed by atoms with van der Waals surface area (Å²) in [6, 6.07) is -0.432. The summed E-state index contributed by atoms with van der Waals surface area (Å²) in [6.45, 7) is 1.12. The molecular weight excluding hydrogens is 242 g/mol. The molecule has 0 aliphatic carbocycles. The van der Waals surface area contributed by atoms with Gasteiger partial charge in [-0.2, -0.15) is 11.8 Å². The zero-order chi connectivity index (χ0) is 12.7. The number of nitrogens with one attached hydrogen (secondary N) is 2. The van der Waals surface area contributed by atoms with E-state index >= 15 is 0 Å². The van der Waals surface area contributed by atoms with Crippen molar-refractivity contribution in [2.45, 2.75) is 31.1 Å². The molecule has 1 heterocycles. The van der Waals surface area contributed by atoms with Gasteiger partial charge in [-0.3, -0.25) is 0 Å². The first-order chi connectivity index (χ1) is 8.09. The molecule has 0 saturated carbocycles. The van der Waals surface area contributed by atoms with E-state index in [9.17, 15) is 15.0 Å². The summed E-state index contributed by atoms with van der Waals surface area (Å²) in [7, 11) is 0. The number of primary amides is 1. The van der Waals surface area contributed by atoms with Crippen molar-refractivity contribution in [1.82, 2.24) is 10.6 Å². The predicted molar refractivity (Wildman–Crippen MR) is 67.9 cm³/mol. The first kappa shape index (κ1) is 14.6. The van der Waals surface area contributed by atoms with Gasteiger partial charge in [-0.25, -0.2) is 4.79 Å². The van der Waals surface area contributed by atoms with Crippen LogP contribution in [0.1, 0.15) is 12.8 Å². The SMILES string of the molecule is NC(=O)NCCSCCC1NCC(O)CC1O. The van der Waals surface area contributed by atoms with E-state index in [-0.39, 0.29) is 6.04 Å². The van der Waals surface area contributed by atoms with Crippen molar-refractivity contribution in [3.05, 3.63) is 0 Å². The minimum Gasteiger partial charge on any atom is -0.392 e. The maximum Gasteiger partial charge on any atom is 0.312 e.